The highest BCUT2D eigenvalue weighted by atomic mass is 16.5. The number of benzene rings is 1. The zero-order valence-corrected chi connectivity index (χ0v) is 17.2. The molecule has 0 saturated carbocycles. The summed E-state index contributed by atoms with van der Waals surface area (Å²) in [6.45, 7) is 7.07. The molecule has 6 heteroatoms. The quantitative estimate of drug-likeness (QED) is 0.721. The van der Waals surface area contributed by atoms with Gasteiger partial charge < -0.3 is 14.5 Å². The molecular weight excluding hydrogens is 366 g/mol. The Balaban J connectivity index is 1.56. The zero-order chi connectivity index (χ0) is 20.6. The molecular formula is C23H29N3O3. The van der Waals surface area contributed by atoms with Crippen LogP contribution < -0.4 is 4.74 Å². The number of nitrogens with zero attached hydrogens (tertiary/aromatic N) is 3. The summed E-state index contributed by atoms with van der Waals surface area (Å²) in [5.74, 6) is 0.626. The third-order valence-electron chi connectivity index (χ3n) is 5.42. The number of rotatable bonds is 7. The summed E-state index contributed by atoms with van der Waals surface area (Å²) in [6, 6.07) is 13.3. The topological polar surface area (TPSA) is 62.7 Å². The maximum atomic E-state index is 12.9. The number of ether oxygens (including phenoxy) is 1. The van der Waals surface area contributed by atoms with Crippen LogP contribution >= 0.6 is 0 Å². The van der Waals surface area contributed by atoms with Crippen molar-refractivity contribution >= 4 is 11.8 Å². The van der Waals surface area contributed by atoms with Crippen LogP contribution in [0.5, 0.6) is 5.88 Å². The Morgan fingerprint density at radius 1 is 1.10 bits per heavy atom. The number of carbonyl (C=O) groups is 2. The summed E-state index contributed by atoms with van der Waals surface area (Å²) >= 11 is 0. The monoisotopic (exact) mass is 395 g/mol. The van der Waals surface area contributed by atoms with Gasteiger partial charge in [0.15, 0.2) is 0 Å². The Morgan fingerprint density at radius 3 is 2.45 bits per heavy atom. The highest BCUT2D eigenvalue weighted by Crippen LogP contribution is 2.22. The lowest BCUT2D eigenvalue weighted by Crippen LogP contribution is -2.44. The van der Waals surface area contributed by atoms with Crippen molar-refractivity contribution in [3.05, 3.63) is 59.8 Å². The van der Waals surface area contributed by atoms with E-state index in [1.807, 2.05) is 54.0 Å². The SMILES string of the molecule is CCN(CC)C(=O)C1CCN(C(=O)c2ccnc(OCc3ccccc3)c2)CC1. The van der Waals surface area contributed by atoms with Gasteiger partial charge in [0.2, 0.25) is 11.8 Å². The Labute approximate surface area is 172 Å². The molecule has 2 aromatic rings. The van der Waals surface area contributed by atoms with Gasteiger partial charge in [-0.2, -0.15) is 0 Å². The summed E-state index contributed by atoms with van der Waals surface area (Å²) in [7, 11) is 0. The van der Waals surface area contributed by atoms with E-state index in [9.17, 15) is 9.59 Å². The van der Waals surface area contributed by atoms with Crippen LogP contribution in [0.15, 0.2) is 48.7 Å². The van der Waals surface area contributed by atoms with Crippen LogP contribution in [0, 0.1) is 5.92 Å². The van der Waals surface area contributed by atoms with Gasteiger partial charge in [0, 0.05) is 49.9 Å². The lowest BCUT2D eigenvalue weighted by Gasteiger charge is -2.33. The molecule has 2 heterocycles. The minimum Gasteiger partial charge on any atom is -0.473 e. The van der Waals surface area contributed by atoms with Crippen molar-refractivity contribution in [2.24, 2.45) is 5.92 Å². The van der Waals surface area contributed by atoms with Gasteiger partial charge in [-0.3, -0.25) is 9.59 Å². The van der Waals surface area contributed by atoms with Crippen molar-refractivity contribution in [1.82, 2.24) is 14.8 Å². The van der Waals surface area contributed by atoms with Crippen LogP contribution in [0.3, 0.4) is 0 Å². The standard InChI is InChI=1S/C23H29N3O3/c1-3-25(4-2)22(27)19-11-14-26(15-12-19)23(28)20-10-13-24-21(16-20)29-17-18-8-6-5-7-9-18/h5-10,13,16,19H,3-4,11-12,14-15,17H2,1-2H3. The second-order valence-electron chi connectivity index (χ2n) is 7.23. The number of hydrogen-bond acceptors (Lipinski definition) is 4. The maximum absolute atomic E-state index is 12.9. The minimum atomic E-state index is -0.0364. The molecule has 2 amide bonds. The van der Waals surface area contributed by atoms with Gasteiger partial charge in [0.05, 0.1) is 0 Å². The number of piperidine rings is 1. The maximum Gasteiger partial charge on any atom is 0.254 e. The van der Waals surface area contributed by atoms with Crippen molar-refractivity contribution in [2.45, 2.75) is 33.3 Å². The first-order valence-corrected chi connectivity index (χ1v) is 10.3. The smallest absolute Gasteiger partial charge is 0.254 e. The predicted octanol–water partition coefficient (Wildman–Crippen LogP) is 3.38. The van der Waals surface area contributed by atoms with E-state index in [0.717, 1.165) is 18.7 Å². The fourth-order valence-corrected chi connectivity index (χ4v) is 3.66. The highest BCUT2D eigenvalue weighted by Gasteiger charge is 2.29. The minimum absolute atomic E-state index is 0.0150. The van der Waals surface area contributed by atoms with E-state index in [1.54, 1.807) is 18.3 Å². The van der Waals surface area contributed by atoms with E-state index >= 15 is 0 Å². The summed E-state index contributed by atoms with van der Waals surface area (Å²) in [6.07, 6.45) is 3.03. The Bertz CT molecular complexity index is 813. The number of aromatic nitrogens is 1. The van der Waals surface area contributed by atoms with Crippen molar-refractivity contribution in [2.75, 3.05) is 26.2 Å². The number of likely N-dealkylation sites (tertiary alicyclic amines) is 1. The molecule has 0 spiro atoms. The summed E-state index contributed by atoms with van der Waals surface area (Å²) in [5, 5.41) is 0. The van der Waals surface area contributed by atoms with E-state index in [2.05, 4.69) is 4.98 Å². The zero-order valence-electron chi connectivity index (χ0n) is 17.2. The number of carbonyl (C=O) groups excluding carboxylic acids is 2. The van der Waals surface area contributed by atoms with E-state index < -0.39 is 0 Å². The lowest BCUT2D eigenvalue weighted by atomic mass is 9.94. The normalized spacial score (nSPS) is 14.5. The van der Waals surface area contributed by atoms with Gasteiger partial charge >= 0.3 is 0 Å². The predicted molar refractivity (Wildman–Crippen MR) is 112 cm³/mol. The molecule has 0 aliphatic carbocycles. The van der Waals surface area contributed by atoms with Crippen LogP contribution in [0.1, 0.15) is 42.6 Å². The highest BCUT2D eigenvalue weighted by molar-refractivity contribution is 5.94. The van der Waals surface area contributed by atoms with Gasteiger partial charge in [-0.1, -0.05) is 30.3 Å². The third kappa shape index (κ3) is 5.34. The number of amides is 2. The van der Waals surface area contributed by atoms with E-state index in [0.29, 0.717) is 44.0 Å². The fraction of sp³-hybridized carbons (Fsp3) is 0.435. The molecule has 0 bridgehead atoms. The molecule has 3 rings (SSSR count). The van der Waals surface area contributed by atoms with Crippen LogP contribution in [0.4, 0.5) is 0 Å². The number of hydrogen-bond donors (Lipinski definition) is 0. The summed E-state index contributed by atoms with van der Waals surface area (Å²) < 4.78 is 5.74. The molecule has 0 unspecified atom stereocenters. The van der Waals surface area contributed by atoms with Gasteiger partial charge in [0.1, 0.15) is 6.61 Å². The average molecular weight is 396 g/mol. The third-order valence-corrected chi connectivity index (χ3v) is 5.42. The molecule has 1 aliphatic rings. The summed E-state index contributed by atoms with van der Waals surface area (Å²) in [5.41, 5.74) is 1.61. The van der Waals surface area contributed by atoms with Crippen LogP contribution in [0.25, 0.3) is 0 Å². The summed E-state index contributed by atoms with van der Waals surface area (Å²) in [4.78, 5) is 33.3. The van der Waals surface area contributed by atoms with E-state index in [4.69, 9.17) is 4.74 Å². The largest absolute Gasteiger partial charge is 0.473 e. The van der Waals surface area contributed by atoms with Crippen molar-refractivity contribution in [3.63, 3.8) is 0 Å². The van der Waals surface area contributed by atoms with Crippen molar-refractivity contribution < 1.29 is 14.3 Å². The first-order valence-electron chi connectivity index (χ1n) is 10.3. The molecule has 1 aromatic carbocycles. The molecule has 6 nitrogen and oxygen atoms in total. The molecule has 0 radical (unpaired) electrons. The van der Waals surface area contributed by atoms with Crippen molar-refractivity contribution in [1.29, 1.82) is 0 Å². The molecule has 0 atom stereocenters. The van der Waals surface area contributed by atoms with Crippen LogP contribution in [-0.4, -0.2) is 52.8 Å². The lowest BCUT2D eigenvalue weighted by molar-refractivity contribution is -0.136. The Morgan fingerprint density at radius 2 is 1.79 bits per heavy atom. The second-order valence-corrected chi connectivity index (χ2v) is 7.23. The van der Waals surface area contributed by atoms with E-state index in [-0.39, 0.29) is 17.7 Å². The average Bonchev–Trinajstić information content (AvgIpc) is 2.79. The molecule has 1 aliphatic heterocycles. The van der Waals surface area contributed by atoms with Crippen LogP contribution in [-0.2, 0) is 11.4 Å². The van der Waals surface area contributed by atoms with Crippen molar-refractivity contribution in [3.8, 4) is 5.88 Å². The molecule has 29 heavy (non-hydrogen) atoms. The number of pyridine rings is 1. The van der Waals surface area contributed by atoms with Gasteiger partial charge in [-0.05, 0) is 38.3 Å². The second kappa shape index (κ2) is 10.0. The van der Waals surface area contributed by atoms with Gasteiger partial charge in [-0.15, -0.1) is 0 Å². The van der Waals surface area contributed by atoms with Crippen LogP contribution in [0.2, 0.25) is 0 Å². The molecule has 154 valence electrons. The molecule has 1 saturated heterocycles. The fourth-order valence-electron chi connectivity index (χ4n) is 3.66. The first-order chi connectivity index (χ1) is 14.1. The Kier molecular flexibility index (Phi) is 7.22. The molecule has 0 N–H and O–H groups in total. The van der Waals surface area contributed by atoms with Gasteiger partial charge in [0.25, 0.3) is 5.91 Å². The first kappa shape index (κ1) is 20.8. The molecule has 1 fully saturated rings. The molecule has 1 aromatic heterocycles. The Hall–Kier alpha value is -2.89. The van der Waals surface area contributed by atoms with E-state index in [1.165, 1.54) is 0 Å². The van der Waals surface area contributed by atoms with Gasteiger partial charge in [-0.25, -0.2) is 4.98 Å².